The second-order valence-corrected chi connectivity index (χ2v) is 7.13. The van der Waals surface area contributed by atoms with E-state index in [1.165, 1.54) is 38.5 Å². The van der Waals surface area contributed by atoms with Crippen LogP contribution in [0.4, 0.5) is 5.95 Å². The van der Waals surface area contributed by atoms with Crippen LogP contribution in [0.25, 0.3) is 0 Å². The van der Waals surface area contributed by atoms with Crippen LogP contribution >= 0.6 is 24.0 Å². The number of aromatic nitrogens is 2. The average Bonchev–Trinajstić information content (AvgIpc) is 3.12. The van der Waals surface area contributed by atoms with E-state index in [-0.39, 0.29) is 24.0 Å². The van der Waals surface area contributed by atoms with Crippen LogP contribution in [0.1, 0.15) is 38.5 Å². The van der Waals surface area contributed by atoms with E-state index in [2.05, 4.69) is 19.8 Å². The van der Waals surface area contributed by atoms with E-state index in [4.69, 9.17) is 10.7 Å². The summed E-state index contributed by atoms with van der Waals surface area (Å²) in [7, 11) is 0. The second kappa shape index (κ2) is 7.41. The maximum absolute atomic E-state index is 6.32. The van der Waals surface area contributed by atoms with Crippen LogP contribution in [0.2, 0.25) is 0 Å². The number of rotatable bonds is 2. The molecule has 0 aromatic carbocycles. The molecule has 1 aromatic heterocycles. The number of nitrogens with two attached hydrogens (primary N) is 1. The molecule has 3 fully saturated rings. The van der Waals surface area contributed by atoms with E-state index in [0.717, 1.165) is 38.1 Å². The quantitative estimate of drug-likeness (QED) is 0.432. The van der Waals surface area contributed by atoms with Gasteiger partial charge in [-0.25, -0.2) is 15.0 Å². The van der Waals surface area contributed by atoms with E-state index in [9.17, 15) is 0 Å². The highest BCUT2D eigenvalue weighted by Crippen LogP contribution is 2.54. The third-order valence-corrected chi connectivity index (χ3v) is 5.95. The number of halogens is 1. The van der Waals surface area contributed by atoms with Gasteiger partial charge in [-0.2, -0.15) is 0 Å². The molecule has 7 heteroatoms. The molecule has 0 bridgehead atoms. The number of hydrogen-bond donors (Lipinski definition) is 1. The zero-order chi connectivity index (χ0) is 15.7. The van der Waals surface area contributed by atoms with Crippen molar-refractivity contribution in [2.24, 2.45) is 16.1 Å². The lowest BCUT2D eigenvalue weighted by Gasteiger charge is -2.45. The molecule has 24 heavy (non-hydrogen) atoms. The topological polar surface area (TPSA) is 70.6 Å². The highest BCUT2D eigenvalue weighted by atomic mass is 127. The van der Waals surface area contributed by atoms with Crippen LogP contribution in [0.3, 0.4) is 0 Å². The predicted molar refractivity (Wildman–Crippen MR) is 107 cm³/mol. The number of nitrogens with zero attached hydrogens (tertiary/aromatic N) is 5. The van der Waals surface area contributed by atoms with Gasteiger partial charge in [0.15, 0.2) is 5.96 Å². The Labute approximate surface area is 160 Å². The fourth-order valence-corrected chi connectivity index (χ4v) is 4.38. The second-order valence-electron chi connectivity index (χ2n) is 7.13. The highest BCUT2D eigenvalue weighted by Gasteiger charge is 2.48. The lowest BCUT2D eigenvalue weighted by molar-refractivity contribution is 0.103. The minimum absolute atomic E-state index is 0. The molecule has 0 amide bonds. The third-order valence-electron chi connectivity index (χ3n) is 5.95. The molecule has 6 nitrogen and oxygen atoms in total. The van der Waals surface area contributed by atoms with Crippen LogP contribution < -0.4 is 10.6 Å². The standard InChI is InChI=1S/C17H26N6.HI/c18-15(21-14-4-7-17(14)5-1-2-6-17)22-10-12-23(13-11-22)16-19-8-3-9-20-16;/h3,8-9,14H,1-2,4-7,10-13H2,(H2,18,21);1H. The minimum Gasteiger partial charge on any atom is -0.370 e. The predicted octanol–water partition coefficient (Wildman–Crippen LogP) is 2.25. The van der Waals surface area contributed by atoms with Gasteiger partial charge in [0.1, 0.15) is 0 Å². The molecule has 132 valence electrons. The molecule has 4 rings (SSSR count). The summed E-state index contributed by atoms with van der Waals surface area (Å²) < 4.78 is 0. The SMILES string of the molecule is I.NC(=NC1CCC12CCCC2)N1CCN(c2ncccn2)CC1. The summed E-state index contributed by atoms with van der Waals surface area (Å²) in [5.41, 5.74) is 6.82. The molecule has 2 saturated carbocycles. The van der Waals surface area contributed by atoms with E-state index >= 15 is 0 Å². The number of hydrogen-bond acceptors (Lipinski definition) is 4. The lowest BCUT2D eigenvalue weighted by atomic mass is 9.63. The van der Waals surface area contributed by atoms with Gasteiger partial charge in [0.05, 0.1) is 6.04 Å². The van der Waals surface area contributed by atoms with Gasteiger partial charge in [-0.15, -0.1) is 24.0 Å². The zero-order valence-electron chi connectivity index (χ0n) is 14.1. The molecule has 1 saturated heterocycles. The smallest absolute Gasteiger partial charge is 0.225 e. The van der Waals surface area contributed by atoms with Crippen molar-refractivity contribution in [3.63, 3.8) is 0 Å². The normalized spacial score (nSPS) is 26.2. The van der Waals surface area contributed by atoms with Crippen molar-refractivity contribution < 1.29 is 0 Å². The van der Waals surface area contributed by atoms with Crippen molar-refractivity contribution in [3.05, 3.63) is 18.5 Å². The molecule has 1 spiro atoms. The summed E-state index contributed by atoms with van der Waals surface area (Å²) in [6, 6.07) is 2.32. The van der Waals surface area contributed by atoms with E-state index in [1.54, 1.807) is 12.4 Å². The van der Waals surface area contributed by atoms with Crippen molar-refractivity contribution >= 4 is 35.9 Å². The zero-order valence-corrected chi connectivity index (χ0v) is 16.4. The first-order valence-corrected chi connectivity index (χ1v) is 8.87. The first-order valence-electron chi connectivity index (χ1n) is 8.87. The molecule has 2 heterocycles. The highest BCUT2D eigenvalue weighted by molar-refractivity contribution is 14.0. The number of guanidine groups is 1. The largest absolute Gasteiger partial charge is 0.370 e. The Morgan fingerprint density at radius 2 is 1.75 bits per heavy atom. The molecular formula is C17H27IN6. The fraction of sp³-hybridized carbons (Fsp3) is 0.706. The Bertz CT molecular complexity index is 564. The van der Waals surface area contributed by atoms with Crippen LogP contribution in [-0.4, -0.2) is 53.0 Å². The molecule has 1 unspecified atom stereocenters. The Kier molecular flexibility index (Phi) is 5.46. The summed E-state index contributed by atoms with van der Waals surface area (Å²) in [5.74, 6) is 1.56. The molecular weight excluding hydrogens is 415 g/mol. The van der Waals surface area contributed by atoms with Crippen LogP contribution in [-0.2, 0) is 0 Å². The molecule has 0 radical (unpaired) electrons. The number of aliphatic imine (C=N–C) groups is 1. The van der Waals surface area contributed by atoms with Gasteiger partial charge >= 0.3 is 0 Å². The molecule has 1 aromatic rings. The van der Waals surface area contributed by atoms with Gasteiger partial charge in [-0.1, -0.05) is 12.8 Å². The first-order chi connectivity index (χ1) is 11.3. The van der Waals surface area contributed by atoms with E-state index < -0.39 is 0 Å². The number of anilines is 1. The Hall–Kier alpha value is -1.12. The van der Waals surface area contributed by atoms with Crippen molar-refractivity contribution in [2.45, 2.75) is 44.6 Å². The third kappa shape index (κ3) is 3.32. The van der Waals surface area contributed by atoms with Crippen molar-refractivity contribution in [1.29, 1.82) is 0 Å². The summed E-state index contributed by atoms with van der Waals surface area (Å²) in [5, 5.41) is 0. The maximum Gasteiger partial charge on any atom is 0.225 e. The van der Waals surface area contributed by atoms with Gasteiger partial charge in [0, 0.05) is 38.6 Å². The molecule has 3 aliphatic rings. The van der Waals surface area contributed by atoms with Gasteiger partial charge in [0.2, 0.25) is 5.95 Å². The molecule has 1 atom stereocenters. The minimum atomic E-state index is 0. The van der Waals surface area contributed by atoms with Crippen LogP contribution in [0.5, 0.6) is 0 Å². The Morgan fingerprint density at radius 1 is 1.08 bits per heavy atom. The summed E-state index contributed by atoms with van der Waals surface area (Å²) in [6.45, 7) is 3.59. The summed E-state index contributed by atoms with van der Waals surface area (Å²) in [6.07, 6.45) is 11.6. The Balaban J connectivity index is 0.00000169. The monoisotopic (exact) mass is 442 g/mol. The molecule has 2 aliphatic carbocycles. The van der Waals surface area contributed by atoms with Gasteiger partial charge in [-0.3, -0.25) is 0 Å². The van der Waals surface area contributed by atoms with Crippen LogP contribution in [0, 0.1) is 5.41 Å². The lowest BCUT2D eigenvalue weighted by Crippen LogP contribution is -2.53. The van der Waals surface area contributed by atoms with Crippen molar-refractivity contribution in [2.75, 3.05) is 31.1 Å². The molecule has 2 N–H and O–H groups in total. The van der Waals surface area contributed by atoms with Crippen LogP contribution in [0.15, 0.2) is 23.5 Å². The Morgan fingerprint density at radius 3 is 2.33 bits per heavy atom. The fourth-order valence-electron chi connectivity index (χ4n) is 4.38. The molecule has 1 aliphatic heterocycles. The van der Waals surface area contributed by atoms with Gasteiger partial charge in [-0.05, 0) is 37.2 Å². The van der Waals surface area contributed by atoms with Gasteiger partial charge in [0.25, 0.3) is 0 Å². The van der Waals surface area contributed by atoms with Crippen molar-refractivity contribution in [3.8, 4) is 0 Å². The number of piperazine rings is 1. The maximum atomic E-state index is 6.32. The summed E-state index contributed by atoms with van der Waals surface area (Å²) >= 11 is 0. The van der Waals surface area contributed by atoms with Gasteiger partial charge < -0.3 is 15.5 Å². The average molecular weight is 442 g/mol. The first kappa shape index (κ1) is 17.7. The van der Waals surface area contributed by atoms with Crippen molar-refractivity contribution in [1.82, 2.24) is 14.9 Å². The van der Waals surface area contributed by atoms with E-state index in [0.29, 0.717) is 11.5 Å². The van der Waals surface area contributed by atoms with E-state index in [1.807, 2.05) is 6.07 Å². The summed E-state index contributed by atoms with van der Waals surface area (Å²) in [4.78, 5) is 18.0.